The molecule has 9 heteroatoms. The van der Waals surface area contributed by atoms with E-state index in [0.29, 0.717) is 18.1 Å². The molecule has 0 saturated carbocycles. The lowest BCUT2D eigenvalue weighted by atomic mass is 10.2. The van der Waals surface area contributed by atoms with Crippen molar-refractivity contribution in [2.75, 3.05) is 6.61 Å². The zero-order valence-electron chi connectivity index (χ0n) is 13.1. The van der Waals surface area contributed by atoms with Gasteiger partial charge in [-0.05, 0) is 80.8 Å². The molecule has 0 aliphatic heterocycles. The molecule has 2 aromatic carbocycles. The summed E-state index contributed by atoms with van der Waals surface area (Å²) in [7, 11) is 0. The molecule has 0 spiro atoms. The second-order valence-corrected chi connectivity index (χ2v) is 8.69. The van der Waals surface area contributed by atoms with E-state index in [4.69, 9.17) is 32.7 Å². The van der Waals surface area contributed by atoms with Gasteiger partial charge in [-0.25, -0.2) is 0 Å². The van der Waals surface area contributed by atoms with E-state index in [9.17, 15) is 13.2 Å². The van der Waals surface area contributed by atoms with Gasteiger partial charge in [0.05, 0.1) is 19.0 Å². The van der Waals surface area contributed by atoms with Gasteiger partial charge in [0.1, 0.15) is 18.1 Å². The zero-order valence-corrected chi connectivity index (χ0v) is 17.8. The van der Waals surface area contributed by atoms with Crippen LogP contribution in [0.2, 0.25) is 10.0 Å². The van der Waals surface area contributed by atoms with E-state index in [0.717, 1.165) is 21.1 Å². The zero-order chi connectivity index (χ0) is 19.5. The highest BCUT2D eigenvalue weighted by Crippen LogP contribution is 2.42. The van der Waals surface area contributed by atoms with Gasteiger partial charge in [0.15, 0.2) is 5.75 Å². The number of ether oxygens (including phenoxy) is 2. The van der Waals surface area contributed by atoms with Crippen molar-refractivity contribution in [1.29, 1.82) is 0 Å². The molecule has 0 fully saturated rings. The van der Waals surface area contributed by atoms with E-state index < -0.39 is 11.7 Å². The van der Waals surface area contributed by atoms with Crippen LogP contribution in [-0.4, -0.2) is 6.61 Å². The Balaban J connectivity index is 2.21. The highest BCUT2D eigenvalue weighted by atomic mass is 79.9. The first kappa shape index (κ1) is 21.4. The van der Waals surface area contributed by atoms with Crippen LogP contribution in [0.25, 0.3) is 0 Å². The molecular formula is C17H11Br2Cl2F3O2. The fourth-order valence-electron chi connectivity index (χ4n) is 1.98. The summed E-state index contributed by atoms with van der Waals surface area (Å²) < 4.78 is 50.2. The summed E-state index contributed by atoms with van der Waals surface area (Å²) in [5.74, 6) is 0.968. The van der Waals surface area contributed by atoms with Crippen LogP contribution < -0.4 is 9.47 Å². The standard InChI is InChI=1S/C17H11Br2Cl2F3O2/c1-9-6-11(2-3-14(9)25-5-4-15(18)19)26-16-12(20)7-10(8-13(16)21)17(22,23)24/h2-4,6-8H,5H2,1H3. The van der Waals surface area contributed by atoms with Crippen LogP contribution in [0.1, 0.15) is 11.1 Å². The van der Waals surface area contributed by atoms with Crippen molar-refractivity contribution in [3.63, 3.8) is 0 Å². The fraction of sp³-hybridized carbons (Fsp3) is 0.176. The summed E-state index contributed by atoms with van der Waals surface area (Å²) >= 11 is 18.3. The third kappa shape index (κ3) is 5.81. The number of alkyl halides is 3. The SMILES string of the molecule is Cc1cc(Oc2c(Cl)cc(C(F)(F)F)cc2Cl)ccc1OCC=C(Br)Br. The van der Waals surface area contributed by atoms with Crippen LogP contribution in [0.15, 0.2) is 39.8 Å². The molecule has 0 atom stereocenters. The van der Waals surface area contributed by atoms with E-state index in [2.05, 4.69) is 31.9 Å². The largest absolute Gasteiger partial charge is 0.489 e. The Morgan fingerprint density at radius 2 is 1.73 bits per heavy atom. The third-order valence-electron chi connectivity index (χ3n) is 3.17. The average Bonchev–Trinajstić information content (AvgIpc) is 2.51. The summed E-state index contributed by atoms with van der Waals surface area (Å²) in [4.78, 5) is 0. The summed E-state index contributed by atoms with van der Waals surface area (Å²) in [6.45, 7) is 2.16. The molecule has 0 aliphatic carbocycles. The van der Waals surface area contributed by atoms with Gasteiger partial charge in [0, 0.05) is 0 Å². The monoisotopic (exact) mass is 532 g/mol. The van der Waals surface area contributed by atoms with Gasteiger partial charge < -0.3 is 9.47 Å². The molecule has 140 valence electrons. The van der Waals surface area contributed by atoms with Gasteiger partial charge in [-0.2, -0.15) is 13.2 Å². The molecule has 2 rings (SSSR count). The number of hydrogen-bond donors (Lipinski definition) is 0. The van der Waals surface area contributed by atoms with Crippen LogP contribution in [0.5, 0.6) is 17.2 Å². The molecule has 2 nitrogen and oxygen atoms in total. The van der Waals surface area contributed by atoms with Crippen LogP contribution >= 0.6 is 55.1 Å². The van der Waals surface area contributed by atoms with E-state index in [1.165, 1.54) is 0 Å². The Labute approximate surface area is 175 Å². The Morgan fingerprint density at radius 3 is 2.23 bits per heavy atom. The molecule has 0 unspecified atom stereocenters. The Morgan fingerprint density at radius 1 is 1.12 bits per heavy atom. The minimum Gasteiger partial charge on any atom is -0.489 e. The quantitative estimate of drug-likeness (QED) is 0.385. The maximum atomic E-state index is 12.8. The minimum atomic E-state index is -4.54. The van der Waals surface area contributed by atoms with Crippen molar-refractivity contribution < 1.29 is 22.6 Å². The summed E-state index contributed by atoms with van der Waals surface area (Å²) in [6.07, 6.45) is -2.76. The van der Waals surface area contributed by atoms with Gasteiger partial charge in [-0.15, -0.1) is 0 Å². The fourth-order valence-corrected chi connectivity index (χ4v) is 2.81. The Kier molecular flexibility index (Phi) is 7.30. The number of rotatable bonds is 5. The van der Waals surface area contributed by atoms with E-state index in [1.807, 2.05) is 6.92 Å². The molecule has 0 bridgehead atoms. The first-order valence-corrected chi connectivity index (χ1v) is 9.41. The normalized spacial score (nSPS) is 11.2. The molecular weight excluding hydrogens is 524 g/mol. The van der Waals surface area contributed by atoms with Gasteiger partial charge >= 0.3 is 6.18 Å². The number of halogens is 7. The predicted molar refractivity (Wildman–Crippen MR) is 104 cm³/mol. The number of hydrogen-bond acceptors (Lipinski definition) is 2. The van der Waals surface area contributed by atoms with Gasteiger partial charge in [0.25, 0.3) is 0 Å². The Bertz CT molecular complexity index is 812. The minimum absolute atomic E-state index is 0.0412. The van der Waals surface area contributed by atoms with Crippen LogP contribution in [0, 0.1) is 6.92 Å². The smallest absolute Gasteiger partial charge is 0.416 e. The molecule has 0 saturated heterocycles. The maximum Gasteiger partial charge on any atom is 0.416 e. The first-order chi connectivity index (χ1) is 12.1. The molecule has 0 N–H and O–H groups in total. The third-order valence-corrected chi connectivity index (χ3v) is 4.38. The lowest BCUT2D eigenvalue weighted by Crippen LogP contribution is -2.05. The van der Waals surface area contributed by atoms with Crippen molar-refractivity contribution in [2.24, 2.45) is 0 Å². The van der Waals surface area contributed by atoms with Gasteiger partial charge in [-0.1, -0.05) is 23.2 Å². The van der Waals surface area contributed by atoms with Crippen LogP contribution in [0.4, 0.5) is 13.2 Å². The lowest BCUT2D eigenvalue weighted by Gasteiger charge is -2.14. The molecule has 0 amide bonds. The average molecular weight is 535 g/mol. The molecule has 0 aromatic heterocycles. The summed E-state index contributed by atoms with van der Waals surface area (Å²) in [6, 6.07) is 6.52. The Hall–Kier alpha value is -0.890. The lowest BCUT2D eigenvalue weighted by molar-refractivity contribution is -0.137. The van der Waals surface area contributed by atoms with Crippen molar-refractivity contribution in [3.05, 3.63) is 61.0 Å². The topological polar surface area (TPSA) is 18.5 Å². The number of benzene rings is 2. The molecule has 2 aromatic rings. The second kappa shape index (κ2) is 8.87. The van der Waals surface area contributed by atoms with Crippen molar-refractivity contribution in [1.82, 2.24) is 0 Å². The van der Waals surface area contributed by atoms with E-state index in [-0.39, 0.29) is 15.8 Å². The molecule has 26 heavy (non-hydrogen) atoms. The summed E-state index contributed by atoms with van der Waals surface area (Å²) in [5.41, 5.74) is -0.161. The first-order valence-electron chi connectivity index (χ1n) is 7.06. The highest BCUT2D eigenvalue weighted by molar-refractivity contribution is 9.28. The molecule has 0 radical (unpaired) electrons. The van der Waals surface area contributed by atoms with Crippen LogP contribution in [-0.2, 0) is 6.18 Å². The predicted octanol–water partition coefficient (Wildman–Crippen LogP) is 8.12. The second-order valence-electron chi connectivity index (χ2n) is 5.10. The number of aryl methyl sites for hydroxylation is 1. The van der Waals surface area contributed by atoms with Crippen LogP contribution in [0.3, 0.4) is 0 Å². The van der Waals surface area contributed by atoms with E-state index >= 15 is 0 Å². The maximum absolute atomic E-state index is 12.8. The highest BCUT2D eigenvalue weighted by Gasteiger charge is 2.32. The van der Waals surface area contributed by atoms with Crippen molar-refractivity contribution >= 4 is 55.1 Å². The van der Waals surface area contributed by atoms with Gasteiger partial charge in [-0.3, -0.25) is 0 Å². The van der Waals surface area contributed by atoms with Crippen molar-refractivity contribution in [3.8, 4) is 17.2 Å². The summed E-state index contributed by atoms with van der Waals surface area (Å²) in [5, 5.41) is -0.453. The van der Waals surface area contributed by atoms with Crippen molar-refractivity contribution in [2.45, 2.75) is 13.1 Å². The molecule has 0 heterocycles. The van der Waals surface area contributed by atoms with Gasteiger partial charge in [0.2, 0.25) is 0 Å². The molecule has 0 aliphatic rings. The van der Waals surface area contributed by atoms with E-state index in [1.54, 1.807) is 24.3 Å².